The van der Waals surface area contributed by atoms with Crippen LogP contribution in [0.1, 0.15) is 36.9 Å². The maximum absolute atomic E-state index is 12.9. The van der Waals surface area contributed by atoms with Crippen molar-refractivity contribution in [3.8, 4) is 0 Å². The van der Waals surface area contributed by atoms with Gasteiger partial charge in [-0.05, 0) is 24.6 Å². The molecule has 1 aliphatic heterocycles. The van der Waals surface area contributed by atoms with Crippen molar-refractivity contribution in [2.75, 3.05) is 0 Å². The van der Waals surface area contributed by atoms with E-state index in [1.165, 1.54) is 6.33 Å². The van der Waals surface area contributed by atoms with E-state index in [0.717, 1.165) is 22.8 Å². The van der Waals surface area contributed by atoms with Crippen molar-refractivity contribution >= 4 is 39.6 Å². The Morgan fingerprint density at radius 2 is 2.00 bits per heavy atom. The molecule has 7 nitrogen and oxygen atoms in total. The third-order valence-electron chi connectivity index (χ3n) is 6.17. The molecule has 0 radical (unpaired) electrons. The number of esters is 1. The standard InChI is InChI=1S/C23H23ClN4O3/c1-4-16-13(2)19(31-23(29)14-8-6-5-7-9-14)22(30-16)28-15-10-11-27(3)18(15)17-20(24)25-12-26-21(17)28/h5-13,16,19,22H,4H2,1-3H3/t13-,16-,19-,22-/m1/s1. The van der Waals surface area contributed by atoms with Crippen LogP contribution in [0.5, 0.6) is 0 Å². The van der Waals surface area contributed by atoms with Crippen LogP contribution in [-0.2, 0) is 16.5 Å². The lowest BCUT2D eigenvalue weighted by Gasteiger charge is -2.23. The van der Waals surface area contributed by atoms with Crippen molar-refractivity contribution < 1.29 is 14.3 Å². The van der Waals surface area contributed by atoms with Gasteiger partial charge in [0, 0.05) is 19.2 Å². The average molecular weight is 439 g/mol. The molecule has 4 heterocycles. The van der Waals surface area contributed by atoms with Gasteiger partial charge < -0.3 is 14.0 Å². The first-order chi connectivity index (χ1) is 15.0. The summed E-state index contributed by atoms with van der Waals surface area (Å²) in [6.45, 7) is 4.14. The maximum Gasteiger partial charge on any atom is 0.338 e. The van der Waals surface area contributed by atoms with Crippen molar-refractivity contribution in [3.05, 3.63) is 59.6 Å². The number of carbonyl (C=O) groups is 1. The number of hydrogen-bond acceptors (Lipinski definition) is 5. The van der Waals surface area contributed by atoms with E-state index in [-0.39, 0.29) is 18.0 Å². The quantitative estimate of drug-likeness (QED) is 0.340. The third-order valence-corrected chi connectivity index (χ3v) is 6.45. The lowest BCUT2D eigenvalue weighted by molar-refractivity contribution is -0.0447. The van der Waals surface area contributed by atoms with Gasteiger partial charge in [0.1, 0.15) is 17.1 Å². The van der Waals surface area contributed by atoms with E-state index >= 15 is 0 Å². The van der Waals surface area contributed by atoms with Gasteiger partial charge >= 0.3 is 5.97 Å². The van der Waals surface area contributed by atoms with Crippen molar-refractivity contribution in [3.63, 3.8) is 0 Å². The second-order valence-corrected chi connectivity index (χ2v) is 8.32. The second-order valence-electron chi connectivity index (χ2n) is 7.96. The molecule has 4 aromatic rings. The molecule has 5 rings (SSSR count). The molecular weight excluding hydrogens is 416 g/mol. The van der Waals surface area contributed by atoms with Gasteiger partial charge in [0.05, 0.1) is 28.1 Å². The first-order valence-electron chi connectivity index (χ1n) is 10.4. The number of aryl methyl sites for hydroxylation is 1. The lowest BCUT2D eigenvalue weighted by Crippen LogP contribution is -2.30. The Morgan fingerprint density at radius 3 is 2.74 bits per heavy atom. The molecule has 0 spiro atoms. The number of benzene rings is 1. The number of hydrogen-bond donors (Lipinski definition) is 0. The van der Waals surface area contributed by atoms with E-state index in [4.69, 9.17) is 21.1 Å². The molecule has 0 saturated carbocycles. The van der Waals surface area contributed by atoms with Gasteiger partial charge in [-0.15, -0.1) is 0 Å². The van der Waals surface area contributed by atoms with Crippen LogP contribution in [0.2, 0.25) is 5.15 Å². The SMILES string of the molecule is CC[C@H]1O[C@@H](n2c3ccn(C)c3c3c(Cl)ncnc32)[C@H](OC(=O)c2ccccc2)[C@@H]1C. The van der Waals surface area contributed by atoms with Gasteiger partial charge in [-0.25, -0.2) is 14.8 Å². The van der Waals surface area contributed by atoms with E-state index in [0.29, 0.717) is 16.4 Å². The number of halogens is 1. The fourth-order valence-corrected chi connectivity index (χ4v) is 4.81. The van der Waals surface area contributed by atoms with E-state index in [1.807, 2.05) is 46.6 Å². The van der Waals surface area contributed by atoms with Crippen molar-refractivity contribution in [2.45, 2.75) is 38.7 Å². The number of rotatable bonds is 4. The number of nitrogens with zero attached hydrogens (tertiary/aromatic N) is 4. The second kappa shape index (κ2) is 7.66. The zero-order chi connectivity index (χ0) is 21.7. The summed E-state index contributed by atoms with van der Waals surface area (Å²) in [5.74, 6) is -0.354. The molecule has 1 saturated heterocycles. The van der Waals surface area contributed by atoms with Crippen molar-refractivity contribution in [1.82, 2.24) is 19.1 Å². The van der Waals surface area contributed by atoms with Gasteiger partial charge in [0.2, 0.25) is 0 Å². The van der Waals surface area contributed by atoms with Gasteiger partial charge in [-0.1, -0.05) is 43.6 Å². The summed E-state index contributed by atoms with van der Waals surface area (Å²) < 4.78 is 16.5. The van der Waals surface area contributed by atoms with Crippen LogP contribution in [0.4, 0.5) is 0 Å². The minimum atomic E-state index is -0.527. The molecule has 1 aromatic carbocycles. The van der Waals surface area contributed by atoms with Crippen LogP contribution in [0.25, 0.3) is 22.1 Å². The highest BCUT2D eigenvalue weighted by atomic mass is 35.5. The number of ether oxygens (including phenoxy) is 2. The Labute approximate surface area is 184 Å². The van der Waals surface area contributed by atoms with Crippen LogP contribution in [0, 0.1) is 5.92 Å². The highest BCUT2D eigenvalue weighted by molar-refractivity contribution is 6.36. The molecule has 160 valence electrons. The molecule has 0 unspecified atom stereocenters. The molecule has 1 aliphatic rings. The smallest absolute Gasteiger partial charge is 0.338 e. The summed E-state index contributed by atoms with van der Waals surface area (Å²) >= 11 is 6.47. The Balaban J connectivity index is 1.64. The Hall–Kier alpha value is -2.90. The lowest BCUT2D eigenvalue weighted by atomic mass is 9.98. The van der Waals surface area contributed by atoms with Gasteiger partial charge in [-0.2, -0.15) is 0 Å². The fourth-order valence-electron chi connectivity index (χ4n) is 4.59. The normalized spacial score (nSPS) is 23.6. The first kappa shape index (κ1) is 20.0. The number of carbonyl (C=O) groups excluding carboxylic acids is 1. The molecule has 1 fully saturated rings. The van der Waals surface area contributed by atoms with Crippen LogP contribution in [0.3, 0.4) is 0 Å². The minimum Gasteiger partial charge on any atom is -0.454 e. The largest absolute Gasteiger partial charge is 0.454 e. The zero-order valence-electron chi connectivity index (χ0n) is 17.5. The summed E-state index contributed by atoms with van der Waals surface area (Å²) in [5, 5.41) is 1.14. The molecule has 0 N–H and O–H groups in total. The zero-order valence-corrected chi connectivity index (χ0v) is 18.3. The molecule has 0 bridgehead atoms. The Bertz CT molecular complexity index is 1270. The molecule has 0 aliphatic carbocycles. The van der Waals surface area contributed by atoms with Crippen LogP contribution < -0.4 is 0 Å². The molecule has 3 aromatic heterocycles. The summed E-state index contributed by atoms with van der Waals surface area (Å²) in [7, 11) is 1.95. The van der Waals surface area contributed by atoms with Crippen LogP contribution >= 0.6 is 11.6 Å². The molecular formula is C23H23ClN4O3. The van der Waals surface area contributed by atoms with Gasteiger partial charge in [0.25, 0.3) is 0 Å². The number of fused-ring (bicyclic) bond motifs is 3. The first-order valence-corrected chi connectivity index (χ1v) is 10.8. The van der Waals surface area contributed by atoms with E-state index in [1.54, 1.807) is 12.1 Å². The van der Waals surface area contributed by atoms with Crippen molar-refractivity contribution in [1.29, 1.82) is 0 Å². The summed E-state index contributed by atoms with van der Waals surface area (Å²) in [6.07, 6.45) is 3.16. The summed E-state index contributed by atoms with van der Waals surface area (Å²) in [6, 6.07) is 11.0. The predicted molar refractivity (Wildman–Crippen MR) is 118 cm³/mol. The monoisotopic (exact) mass is 438 g/mol. The topological polar surface area (TPSA) is 71.2 Å². The van der Waals surface area contributed by atoms with E-state index < -0.39 is 12.3 Å². The predicted octanol–water partition coefficient (Wildman–Crippen LogP) is 4.75. The number of aromatic nitrogens is 4. The van der Waals surface area contributed by atoms with Crippen LogP contribution in [0.15, 0.2) is 48.9 Å². The maximum atomic E-state index is 12.9. The minimum absolute atomic E-state index is 0.0104. The van der Waals surface area contributed by atoms with Crippen molar-refractivity contribution in [2.24, 2.45) is 13.0 Å². The summed E-state index contributed by atoms with van der Waals surface area (Å²) in [4.78, 5) is 21.6. The van der Waals surface area contributed by atoms with Gasteiger partial charge in [0.15, 0.2) is 12.3 Å². The highest BCUT2D eigenvalue weighted by Gasteiger charge is 2.46. The average Bonchev–Trinajstić information content (AvgIpc) is 3.41. The Kier molecular flexibility index (Phi) is 4.95. The fraction of sp³-hybridized carbons (Fsp3) is 0.348. The highest BCUT2D eigenvalue weighted by Crippen LogP contribution is 2.43. The molecule has 8 heteroatoms. The van der Waals surface area contributed by atoms with Crippen LogP contribution in [-0.4, -0.2) is 37.3 Å². The summed E-state index contributed by atoms with van der Waals surface area (Å²) in [5.41, 5.74) is 3.01. The van der Waals surface area contributed by atoms with E-state index in [9.17, 15) is 4.79 Å². The third kappa shape index (κ3) is 3.11. The van der Waals surface area contributed by atoms with E-state index in [2.05, 4.69) is 23.8 Å². The molecule has 0 amide bonds. The Morgan fingerprint density at radius 1 is 1.23 bits per heavy atom. The molecule has 31 heavy (non-hydrogen) atoms. The molecule has 4 atom stereocenters. The van der Waals surface area contributed by atoms with Gasteiger partial charge in [-0.3, -0.25) is 4.57 Å².